The Morgan fingerprint density at radius 1 is 1.08 bits per heavy atom. The Morgan fingerprint density at radius 3 is 2.40 bits per heavy atom. The van der Waals surface area contributed by atoms with E-state index in [2.05, 4.69) is 11.0 Å². The first-order valence-corrected chi connectivity index (χ1v) is 8.88. The van der Waals surface area contributed by atoms with Crippen LogP contribution in [-0.2, 0) is 0 Å². The topological polar surface area (TPSA) is 56.5 Å². The molecule has 0 aromatic heterocycles. The van der Waals surface area contributed by atoms with Crippen LogP contribution in [0, 0.1) is 11.3 Å². The van der Waals surface area contributed by atoms with E-state index in [0.717, 1.165) is 55.8 Å². The number of β-amino-alcohol motifs (C(OH)–C–C–N with tert-alkyl or cyclic N) is 1. The van der Waals surface area contributed by atoms with E-state index in [-0.39, 0.29) is 6.10 Å². The number of benzene rings is 2. The second-order valence-corrected chi connectivity index (χ2v) is 6.51. The molecule has 0 bridgehead atoms. The van der Waals surface area contributed by atoms with E-state index in [1.54, 1.807) is 0 Å². The smallest absolute Gasteiger partial charge is 0.119 e. The molecule has 2 aromatic carbocycles. The molecule has 1 saturated heterocycles. The van der Waals surface area contributed by atoms with Crippen LogP contribution in [0.5, 0.6) is 5.75 Å². The molecule has 0 saturated carbocycles. The number of rotatable bonds is 6. The predicted octanol–water partition coefficient (Wildman–Crippen LogP) is 3.45. The fourth-order valence-electron chi connectivity index (χ4n) is 3.19. The summed E-state index contributed by atoms with van der Waals surface area (Å²) in [5.41, 5.74) is 2.87. The van der Waals surface area contributed by atoms with Gasteiger partial charge in [0.25, 0.3) is 0 Å². The summed E-state index contributed by atoms with van der Waals surface area (Å²) < 4.78 is 5.82. The van der Waals surface area contributed by atoms with Crippen molar-refractivity contribution in [2.24, 2.45) is 0 Å². The van der Waals surface area contributed by atoms with Gasteiger partial charge in [-0.3, -0.25) is 0 Å². The minimum absolute atomic E-state index is 0.163. The van der Waals surface area contributed by atoms with Crippen LogP contribution in [-0.4, -0.2) is 42.4 Å². The van der Waals surface area contributed by atoms with Gasteiger partial charge in [-0.2, -0.15) is 5.26 Å². The third-order valence-corrected chi connectivity index (χ3v) is 4.57. The average Bonchev–Trinajstić information content (AvgIpc) is 2.66. The van der Waals surface area contributed by atoms with Crippen LogP contribution in [0.4, 0.5) is 0 Å². The van der Waals surface area contributed by atoms with Crippen molar-refractivity contribution in [3.05, 3.63) is 54.1 Å². The van der Waals surface area contributed by atoms with Crippen LogP contribution >= 0.6 is 0 Å². The maximum atomic E-state index is 9.67. The molecule has 1 unspecified atom stereocenters. The van der Waals surface area contributed by atoms with Gasteiger partial charge in [0.1, 0.15) is 5.75 Å². The summed E-state index contributed by atoms with van der Waals surface area (Å²) in [6.07, 6.45) is 2.81. The van der Waals surface area contributed by atoms with Crippen LogP contribution in [0.1, 0.15) is 24.8 Å². The Hall–Kier alpha value is -2.35. The Kier molecular flexibility index (Phi) is 6.05. The highest BCUT2D eigenvalue weighted by Gasteiger charge is 2.16. The third kappa shape index (κ3) is 5.06. The van der Waals surface area contributed by atoms with E-state index in [4.69, 9.17) is 10.00 Å². The van der Waals surface area contributed by atoms with Gasteiger partial charge in [-0.25, -0.2) is 0 Å². The molecular formula is C21H24N2O2. The van der Waals surface area contributed by atoms with Gasteiger partial charge in [-0.05, 0) is 61.2 Å². The van der Waals surface area contributed by atoms with Crippen molar-refractivity contribution in [2.75, 3.05) is 26.2 Å². The highest BCUT2D eigenvalue weighted by atomic mass is 16.5. The van der Waals surface area contributed by atoms with E-state index in [1.165, 1.54) is 0 Å². The fourth-order valence-corrected chi connectivity index (χ4v) is 3.19. The molecule has 0 amide bonds. The largest absolute Gasteiger partial charge is 0.494 e. The average molecular weight is 336 g/mol. The third-order valence-electron chi connectivity index (χ3n) is 4.57. The quantitative estimate of drug-likeness (QED) is 0.821. The Bertz CT molecular complexity index is 704. The minimum Gasteiger partial charge on any atom is -0.494 e. The van der Waals surface area contributed by atoms with Gasteiger partial charge in [0.05, 0.1) is 24.3 Å². The van der Waals surface area contributed by atoms with Crippen molar-refractivity contribution in [1.29, 1.82) is 5.26 Å². The van der Waals surface area contributed by atoms with Crippen LogP contribution in [0.2, 0.25) is 0 Å². The highest BCUT2D eigenvalue weighted by molar-refractivity contribution is 5.64. The van der Waals surface area contributed by atoms with Gasteiger partial charge >= 0.3 is 0 Å². The van der Waals surface area contributed by atoms with E-state index < -0.39 is 0 Å². The van der Waals surface area contributed by atoms with Crippen LogP contribution in [0.3, 0.4) is 0 Å². The zero-order chi connectivity index (χ0) is 17.5. The molecule has 1 aliphatic heterocycles. The molecule has 1 heterocycles. The van der Waals surface area contributed by atoms with Crippen LogP contribution in [0.25, 0.3) is 11.1 Å². The van der Waals surface area contributed by atoms with Crippen molar-refractivity contribution in [2.45, 2.75) is 25.4 Å². The second kappa shape index (κ2) is 8.66. The van der Waals surface area contributed by atoms with Gasteiger partial charge in [0.2, 0.25) is 0 Å². The maximum absolute atomic E-state index is 9.67. The Balaban J connectivity index is 1.45. The molecule has 0 aliphatic carbocycles. The molecule has 0 radical (unpaired) electrons. The molecule has 1 fully saturated rings. The minimum atomic E-state index is -0.163. The lowest BCUT2D eigenvalue weighted by Gasteiger charge is -2.29. The molecule has 1 atom stereocenters. The molecule has 4 nitrogen and oxygen atoms in total. The number of likely N-dealkylation sites (tertiary alicyclic amines) is 1. The number of nitrogens with zero attached hydrogens (tertiary/aromatic N) is 2. The summed E-state index contributed by atoms with van der Waals surface area (Å²) in [7, 11) is 0. The van der Waals surface area contributed by atoms with Crippen LogP contribution in [0.15, 0.2) is 48.5 Å². The first kappa shape index (κ1) is 17.5. The zero-order valence-electron chi connectivity index (χ0n) is 14.4. The number of aliphatic hydroxyl groups is 1. The number of ether oxygens (including phenoxy) is 1. The summed E-state index contributed by atoms with van der Waals surface area (Å²) in [6.45, 7) is 3.53. The lowest BCUT2D eigenvalue weighted by Crippen LogP contribution is -2.39. The van der Waals surface area contributed by atoms with Gasteiger partial charge < -0.3 is 14.7 Å². The number of aliphatic hydroxyl groups excluding tert-OH is 1. The molecule has 25 heavy (non-hydrogen) atoms. The summed E-state index contributed by atoms with van der Waals surface area (Å²) in [5, 5.41) is 18.5. The van der Waals surface area contributed by atoms with Crippen molar-refractivity contribution in [1.82, 2.24) is 4.90 Å². The standard InChI is InChI=1S/C21H24N2O2/c22-15-17-4-6-18(7-5-17)19-8-10-21(11-9-19)25-14-2-13-23-12-1-3-20(24)16-23/h4-11,20,24H,1-3,12-14,16H2. The molecule has 2 aromatic rings. The number of nitriles is 1. The van der Waals surface area contributed by atoms with E-state index in [1.807, 2.05) is 48.5 Å². The first-order chi connectivity index (χ1) is 12.2. The van der Waals surface area contributed by atoms with Gasteiger partial charge in [0.15, 0.2) is 0 Å². The first-order valence-electron chi connectivity index (χ1n) is 8.88. The fraction of sp³-hybridized carbons (Fsp3) is 0.381. The molecule has 130 valence electrons. The van der Waals surface area contributed by atoms with Crippen molar-refractivity contribution < 1.29 is 9.84 Å². The van der Waals surface area contributed by atoms with E-state index >= 15 is 0 Å². The maximum Gasteiger partial charge on any atom is 0.119 e. The molecular weight excluding hydrogens is 312 g/mol. The van der Waals surface area contributed by atoms with Crippen molar-refractivity contribution in [3.8, 4) is 22.9 Å². The summed E-state index contributed by atoms with van der Waals surface area (Å²) in [5.74, 6) is 0.871. The zero-order valence-corrected chi connectivity index (χ0v) is 14.4. The highest BCUT2D eigenvalue weighted by Crippen LogP contribution is 2.23. The number of hydrogen-bond acceptors (Lipinski definition) is 4. The van der Waals surface area contributed by atoms with E-state index in [9.17, 15) is 5.11 Å². The predicted molar refractivity (Wildman–Crippen MR) is 98.4 cm³/mol. The lowest BCUT2D eigenvalue weighted by atomic mass is 10.0. The lowest BCUT2D eigenvalue weighted by molar-refractivity contribution is 0.0679. The monoisotopic (exact) mass is 336 g/mol. The summed E-state index contributed by atoms with van der Waals surface area (Å²) in [4.78, 5) is 2.31. The molecule has 4 heteroatoms. The van der Waals surface area contributed by atoms with Gasteiger partial charge in [-0.15, -0.1) is 0 Å². The summed E-state index contributed by atoms with van der Waals surface area (Å²) >= 11 is 0. The van der Waals surface area contributed by atoms with Gasteiger partial charge in [0, 0.05) is 13.1 Å². The second-order valence-electron chi connectivity index (χ2n) is 6.51. The molecule has 1 aliphatic rings. The number of piperidine rings is 1. The summed E-state index contributed by atoms with van der Waals surface area (Å²) in [6, 6.07) is 17.8. The van der Waals surface area contributed by atoms with Crippen molar-refractivity contribution >= 4 is 0 Å². The van der Waals surface area contributed by atoms with Crippen molar-refractivity contribution in [3.63, 3.8) is 0 Å². The number of hydrogen-bond donors (Lipinski definition) is 1. The normalized spacial score (nSPS) is 17.8. The molecule has 1 N–H and O–H groups in total. The Labute approximate surface area is 149 Å². The SMILES string of the molecule is N#Cc1ccc(-c2ccc(OCCCN3CCCC(O)C3)cc2)cc1. The molecule has 0 spiro atoms. The molecule has 3 rings (SSSR count). The Morgan fingerprint density at radius 2 is 1.76 bits per heavy atom. The van der Waals surface area contributed by atoms with E-state index in [0.29, 0.717) is 12.2 Å². The van der Waals surface area contributed by atoms with Gasteiger partial charge in [-0.1, -0.05) is 24.3 Å². The van der Waals surface area contributed by atoms with Crippen LogP contribution < -0.4 is 4.74 Å².